The summed E-state index contributed by atoms with van der Waals surface area (Å²) >= 11 is 0. The number of nitrogens with two attached hydrogens (primary N) is 1. The van der Waals surface area contributed by atoms with Gasteiger partial charge in [0.2, 0.25) is 5.91 Å². The van der Waals surface area contributed by atoms with Crippen LogP contribution in [0.2, 0.25) is 0 Å². The molecule has 2 rings (SSSR count). The van der Waals surface area contributed by atoms with E-state index in [1.54, 1.807) is 0 Å². The highest BCUT2D eigenvalue weighted by Gasteiger charge is 2.53. The molecule has 5 nitrogen and oxygen atoms in total. The molecule has 2 aliphatic rings. The van der Waals surface area contributed by atoms with E-state index < -0.39 is 5.60 Å². The number of allylic oxidation sites excluding steroid dienone is 2. The number of hydrogen-bond acceptors (Lipinski definition) is 4. The average Bonchev–Trinajstić information content (AvgIpc) is 2.89. The van der Waals surface area contributed by atoms with Gasteiger partial charge >= 0.3 is 0 Å². The third-order valence-electron chi connectivity index (χ3n) is 5.67. The minimum atomic E-state index is -0.510. The van der Waals surface area contributed by atoms with Crippen molar-refractivity contribution < 1.29 is 19.1 Å². The number of ether oxygens (including phenoxy) is 2. The normalized spacial score (nSPS) is 32.2. The zero-order valence-electron chi connectivity index (χ0n) is 16.1. The van der Waals surface area contributed by atoms with E-state index in [0.717, 1.165) is 32.1 Å². The number of rotatable bonds is 9. The van der Waals surface area contributed by atoms with E-state index in [4.69, 9.17) is 15.2 Å². The second-order valence-electron chi connectivity index (χ2n) is 8.32. The number of carbonyl (C=O) groups excluding carboxylic acids is 2. The Morgan fingerprint density at radius 2 is 2.08 bits per heavy atom. The molecule has 0 aliphatic carbocycles. The van der Waals surface area contributed by atoms with Gasteiger partial charge in [0.15, 0.2) is 0 Å². The summed E-state index contributed by atoms with van der Waals surface area (Å²) in [4.78, 5) is 23.4. The second kappa shape index (κ2) is 8.00. The Morgan fingerprint density at radius 3 is 2.72 bits per heavy atom. The standard InChI is InChI=1S/C20H33NO4/c1-14(2)7-8-16(22)15(3)6-5-10-19(4)17-9-11-20(25-17,13-24-19)12-18(21)23/h7,15,17H,5-6,8-13H2,1-4H3,(H2,21,23)/t15?,17-,19+,20-/m1/s1. The molecule has 4 atom stereocenters. The fraction of sp³-hybridized carbons (Fsp3) is 0.800. The predicted molar refractivity (Wildman–Crippen MR) is 97.1 cm³/mol. The number of carbonyl (C=O) groups is 2. The predicted octanol–water partition coefficient (Wildman–Crippen LogP) is 3.30. The number of hydrogen-bond donors (Lipinski definition) is 1. The lowest BCUT2D eigenvalue weighted by molar-refractivity contribution is -0.241. The molecule has 0 spiro atoms. The summed E-state index contributed by atoms with van der Waals surface area (Å²) in [7, 11) is 0. The Balaban J connectivity index is 1.81. The summed E-state index contributed by atoms with van der Waals surface area (Å²) in [5.74, 6) is 0.0336. The third-order valence-corrected chi connectivity index (χ3v) is 5.67. The van der Waals surface area contributed by atoms with Crippen molar-refractivity contribution in [1.82, 2.24) is 0 Å². The highest BCUT2D eigenvalue weighted by Crippen LogP contribution is 2.46. The number of fused-ring (bicyclic) bond motifs is 2. The van der Waals surface area contributed by atoms with E-state index in [-0.39, 0.29) is 30.0 Å². The summed E-state index contributed by atoms with van der Waals surface area (Å²) < 4.78 is 12.3. The number of ketones is 1. The fourth-order valence-electron chi connectivity index (χ4n) is 3.90. The summed E-state index contributed by atoms with van der Waals surface area (Å²) in [5, 5.41) is 0. The van der Waals surface area contributed by atoms with Crippen LogP contribution in [0.25, 0.3) is 0 Å². The summed E-state index contributed by atoms with van der Waals surface area (Å²) in [5.41, 5.74) is 5.68. The van der Waals surface area contributed by atoms with Crippen LogP contribution in [0.1, 0.15) is 72.6 Å². The molecule has 1 unspecified atom stereocenters. The first-order valence-electron chi connectivity index (χ1n) is 9.42. The van der Waals surface area contributed by atoms with Crippen molar-refractivity contribution in [3.8, 4) is 0 Å². The highest BCUT2D eigenvalue weighted by molar-refractivity contribution is 5.82. The van der Waals surface area contributed by atoms with Crippen molar-refractivity contribution in [2.45, 2.75) is 89.9 Å². The Bertz CT molecular complexity index is 540. The van der Waals surface area contributed by atoms with Gasteiger partial charge in [-0.15, -0.1) is 0 Å². The van der Waals surface area contributed by atoms with Crippen LogP contribution < -0.4 is 5.73 Å². The van der Waals surface area contributed by atoms with Crippen LogP contribution in [-0.2, 0) is 19.1 Å². The first kappa shape index (κ1) is 20.1. The minimum Gasteiger partial charge on any atom is -0.370 e. The molecule has 2 heterocycles. The molecule has 2 bridgehead atoms. The Morgan fingerprint density at radius 1 is 1.36 bits per heavy atom. The Labute approximate surface area is 151 Å². The zero-order chi connectivity index (χ0) is 18.7. The minimum absolute atomic E-state index is 0.0114. The van der Waals surface area contributed by atoms with Gasteiger partial charge < -0.3 is 15.2 Å². The lowest BCUT2D eigenvalue weighted by atomic mass is 9.88. The molecule has 1 amide bonds. The van der Waals surface area contributed by atoms with Crippen LogP contribution >= 0.6 is 0 Å². The van der Waals surface area contributed by atoms with Crippen LogP contribution in [0.15, 0.2) is 11.6 Å². The number of Topliss-reactive ketones (excluding diaryl/α,β-unsaturated/α-hetero) is 1. The van der Waals surface area contributed by atoms with Gasteiger partial charge in [0.25, 0.3) is 0 Å². The van der Waals surface area contributed by atoms with Gasteiger partial charge in [-0.05, 0) is 52.9 Å². The maximum absolute atomic E-state index is 12.1. The molecule has 0 aromatic carbocycles. The van der Waals surface area contributed by atoms with Gasteiger partial charge in [0.1, 0.15) is 11.4 Å². The highest BCUT2D eigenvalue weighted by atomic mass is 16.6. The average molecular weight is 351 g/mol. The molecule has 0 saturated carbocycles. The second-order valence-corrected chi connectivity index (χ2v) is 8.32. The molecular formula is C20H33NO4. The summed E-state index contributed by atoms with van der Waals surface area (Å²) in [6, 6.07) is 0. The maximum atomic E-state index is 12.1. The Kier molecular flexibility index (Phi) is 6.44. The topological polar surface area (TPSA) is 78.6 Å². The van der Waals surface area contributed by atoms with Crippen molar-refractivity contribution in [3.05, 3.63) is 11.6 Å². The monoisotopic (exact) mass is 351 g/mol. The lowest BCUT2D eigenvalue weighted by Gasteiger charge is -2.44. The van der Waals surface area contributed by atoms with Gasteiger partial charge in [-0.25, -0.2) is 0 Å². The van der Waals surface area contributed by atoms with E-state index in [2.05, 4.69) is 6.92 Å². The van der Waals surface area contributed by atoms with E-state index in [9.17, 15) is 9.59 Å². The van der Waals surface area contributed by atoms with Gasteiger partial charge in [0.05, 0.1) is 24.7 Å². The van der Waals surface area contributed by atoms with Crippen molar-refractivity contribution in [3.63, 3.8) is 0 Å². The van der Waals surface area contributed by atoms with E-state index in [0.29, 0.717) is 18.8 Å². The van der Waals surface area contributed by atoms with Crippen molar-refractivity contribution >= 4 is 11.7 Å². The van der Waals surface area contributed by atoms with Crippen LogP contribution in [-0.4, -0.2) is 35.6 Å². The lowest BCUT2D eigenvalue weighted by Crippen LogP contribution is -2.53. The number of primary amides is 1. The van der Waals surface area contributed by atoms with Gasteiger partial charge in [0, 0.05) is 12.3 Å². The largest absolute Gasteiger partial charge is 0.370 e. The molecule has 2 saturated heterocycles. The van der Waals surface area contributed by atoms with Crippen molar-refractivity contribution in [2.75, 3.05) is 6.61 Å². The van der Waals surface area contributed by atoms with E-state index >= 15 is 0 Å². The fourth-order valence-corrected chi connectivity index (χ4v) is 3.90. The van der Waals surface area contributed by atoms with Crippen LogP contribution in [0.3, 0.4) is 0 Å². The van der Waals surface area contributed by atoms with Gasteiger partial charge in [-0.1, -0.05) is 18.6 Å². The molecule has 0 aromatic rings. The molecule has 5 heteroatoms. The van der Waals surface area contributed by atoms with Gasteiger partial charge in [-0.2, -0.15) is 0 Å². The molecule has 0 radical (unpaired) electrons. The molecule has 2 N–H and O–H groups in total. The molecule has 142 valence electrons. The number of amides is 1. The van der Waals surface area contributed by atoms with Gasteiger partial charge in [-0.3, -0.25) is 9.59 Å². The first-order chi connectivity index (χ1) is 11.7. The molecule has 2 fully saturated rings. The van der Waals surface area contributed by atoms with Crippen LogP contribution in [0, 0.1) is 5.92 Å². The SMILES string of the molecule is CC(C)=CCC(=O)C(C)CCC[C@]1(C)OC[C@]2(CC(N)=O)CC[C@H]1O2. The third kappa shape index (κ3) is 5.14. The van der Waals surface area contributed by atoms with Crippen LogP contribution in [0.5, 0.6) is 0 Å². The quantitative estimate of drug-likeness (QED) is 0.647. The molecular weight excluding hydrogens is 318 g/mol. The first-order valence-corrected chi connectivity index (χ1v) is 9.42. The smallest absolute Gasteiger partial charge is 0.220 e. The summed E-state index contributed by atoms with van der Waals surface area (Å²) in [6.07, 6.45) is 7.16. The zero-order valence-corrected chi connectivity index (χ0v) is 16.1. The van der Waals surface area contributed by atoms with Crippen LogP contribution in [0.4, 0.5) is 0 Å². The molecule has 2 aliphatic heterocycles. The van der Waals surface area contributed by atoms with E-state index in [1.165, 1.54) is 5.57 Å². The maximum Gasteiger partial charge on any atom is 0.220 e. The molecule has 0 aromatic heterocycles. The molecule has 25 heavy (non-hydrogen) atoms. The summed E-state index contributed by atoms with van der Waals surface area (Å²) in [6.45, 7) is 8.55. The Hall–Kier alpha value is -1.20. The van der Waals surface area contributed by atoms with Crippen molar-refractivity contribution in [2.24, 2.45) is 11.7 Å². The van der Waals surface area contributed by atoms with Crippen molar-refractivity contribution in [1.29, 1.82) is 0 Å². The van der Waals surface area contributed by atoms with E-state index in [1.807, 2.05) is 26.8 Å².